The Balaban J connectivity index is 1.50. The lowest BCUT2D eigenvalue weighted by Gasteiger charge is -2.09. The Bertz CT molecular complexity index is 873. The van der Waals surface area contributed by atoms with Crippen LogP contribution in [-0.4, -0.2) is 17.7 Å². The predicted molar refractivity (Wildman–Crippen MR) is 110 cm³/mol. The number of hydrogen-bond donors (Lipinski definition) is 3. The fraction of sp³-hybridized carbons (Fsp3) is 0.318. The average Bonchev–Trinajstić information content (AvgIpc) is 3.44. The molecule has 6 nitrogen and oxygen atoms in total. The summed E-state index contributed by atoms with van der Waals surface area (Å²) in [5.74, 6) is -0.620. The van der Waals surface area contributed by atoms with Gasteiger partial charge in [0.2, 0.25) is 17.7 Å². The molecular weight excluding hydrogens is 354 g/mol. The Morgan fingerprint density at radius 3 is 1.54 bits per heavy atom. The monoisotopic (exact) mass is 379 g/mol. The molecule has 0 spiro atoms. The smallest absolute Gasteiger partial charge is 0.228 e. The SMILES string of the molecule is CC(=O)Nc1ccc(NC(=O)C2CC2C(=O)Nc2ccc(C(C)C)cc2)cc1. The Morgan fingerprint density at radius 2 is 1.14 bits per heavy atom. The van der Waals surface area contributed by atoms with E-state index in [9.17, 15) is 14.4 Å². The van der Waals surface area contributed by atoms with Crippen molar-refractivity contribution in [1.29, 1.82) is 0 Å². The molecular formula is C22H25N3O3. The summed E-state index contributed by atoms with van der Waals surface area (Å²) < 4.78 is 0. The van der Waals surface area contributed by atoms with Crippen LogP contribution in [0.3, 0.4) is 0 Å². The van der Waals surface area contributed by atoms with Crippen molar-refractivity contribution in [3.63, 3.8) is 0 Å². The van der Waals surface area contributed by atoms with Gasteiger partial charge in [0, 0.05) is 24.0 Å². The van der Waals surface area contributed by atoms with Gasteiger partial charge in [0.1, 0.15) is 0 Å². The maximum absolute atomic E-state index is 12.4. The van der Waals surface area contributed by atoms with E-state index in [1.54, 1.807) is 24.3 Å². The fourth-order valence-corrected chi connectivity index (χ4v) is 3.04. The van der Waals surface area contributed by atoms with Gasteiger partial charge >= 0.3 is 0 Å². The standard InChI is InChI=1S/C22H25N3O3/c1-13(2)15-4-6-17(7-5-15)24-21(27)19-12-20(19)22(28)25-18-10-8-16(9-11-18)23-14(3)26/h4-11,13,19-20H,12H2,1-3H3,(H,23,26)(H,24,27)(H,25,28). The van der Waals surface area contributed by atoms with E-state index in [0.29, 0.717) is 23.7 Å². The lowest BCUT2D eigenvalue weighted by molar-refractivity contribution is -0.122. The Kier molecular flexibility index (Phi) is 5.78. The van der Waals surface area contributed by atoms with E-state index in [2.05, 4.69) is 29.8 Å². The molecule has 0 aromatic heterocycles. The third-order valence-electron chi connectivity index (χ3n) is 4.78. The highest BCUT2D eigenvalue weighted by Gasteiger charge is 2.48. The molecule has 3 rings (SSSR count). The lowest BCUT2D eigenvalue weighted by atomic mass is 10.0. The Labute approximate surface area is 164 Å². The molecule has 0 saturated heterocycles. The van der Waals surface area contributed by atoms with Crippen molar-refractivity contribution >= 4 is 34.8 Å². The van der Waals surface area contributed by atoms with Crippen LogP contribution in [0, 0.1) is 11.8 Å². The van der Waals surface area contributed by atoms with Crippen LogP contribution in [0.5, 0.6) is 0 Å². The zero-order chi connectivity index (χ0) is 20.3. The van der Waals surface area contributed by atoms with Crippen molar-refractivity contribution in [3.05, 3.63) is 54.1 Å². The van der Waals surface area contributed by atoms with Crippen molar-refractivity contribution < 1.29 is 14.4 Å². The number of carbonyl (C=O) groups is 3. The van der Waals surface area contributed by atoms with Gasteiger partial charge in [-0.25, -0.2) is 0 Å². The zero-order valence-corrected chi connectivity index (χ0v) is 16.3. The summed E-state index contributed by atoms with van der Waals surface area (Å²) in [6.07, 6.45) is 0.547. The van der Waals surface area contributed by atoms with Crippen LogP contribution in [-0.2, 0) is 14.4 Å². The molecule has 0 aliphatic heterocycles. The third kappa shape index (κ3) is 4.97. The largest absolute Gasteiger partial charge is 0.326 e. The number of anilines is 3. The topological polar surface area (TPSA) is 87.3 Å². The van der Waals surface area contributed by atoms with Gasteiger partial charge in [-0.1, -0.05) is 26.0 Å². The van der Waals surface area contributed by atoms with E-state index in [1.807, 2.05) is 24.3 Å². The molecule has 2 atom stereocenters. The van der Waals surface area contributed by atoms with Crippen LogP contribution < -0.4 is 16.0 Å². The van der Waals surface area contributed by atoms with E-state index >= 15 is 0 Å². The first-order valence-corrected chi connectivity index (χ1v) is 9.43. The molecule has 1 saturated carbocycles. The van der Waals surface area contributed by atoms with Crippen molar-refractivity contribution in [2.75, 3.05) is 16.0 Å². The van der Waals surface area contributed by atoms with Crippen molar-refractivity contribution in [2.24, 2.45) is 11.8 Å². The van der Waals surface area contributed by atoms with Crippen LogP contribution in [0.1, 0.15) is 38.7 Å². The van der Waals surface area contributed by atoms with Gasteiger partial charge in [-0.3, -0.25) is 14.4 Å². The van der Waals surface area contributed by atoms with Crippen LogP contribution in [0.2, 0.25) is 0 Å². The number of amides is 3. The zero-order valence-electron chi connectivity index (χ0n) is 16.3. The van der Waals surface area contributed by atoms with E-state index in [4.69, 9.17) is 0 Å². The van der Waals surface area contributed by atoms with Crippen LogP contribution in [0.15, 0.2) is 48.5 Å². The summed E-state index contributed by atoms with van der Waals surface area (Å²) in [6, 6.07) is 14.7. The van der Waals surface area contributed by atoms with E-state index < -0.39 is 0 Å². The second-order valence-electron chi connectivity index (χ2n) is 7.46. The van der Waals surface area contributed by atoms with Crippen molar-refractivity contribution in [3.8, 4) is 0 Å². The summed E-state index contributed by atoms with van der Waals surface area (Å²) in [5, 5.41) is 8.38. The molecule has 2 aromatic rings. The first-order valence-electron chi connectivity index (χ1n) is 9.43. The summed E-state index contributed by atoms with van der Waals surface area (Å²) in [4.78, 5) is 35.8. The maximum Gasteiger partial charge on any atom is 0.228 e. The molecule has 3 amide bonds. The highest BCUT2D eigenvalue weighted by atomic mass is 16.2. The molecule has 6 heteroatoms. The van der Waals surface area contributed by atoms with Gasteiger partial charge in [0.25, 0.3) is 0 Å². The summed E-state index contributed by atoms with van der Waals surface area (Å²) >= 11 is 0. The third-order valence-corrected chi connectivity index (χ3v) is 4.78. The Morgan fingerprint density at radius 1 is 0.750 bits per heavy atom. The van der Waals surface area contributed by atoms with Crippen molar-refractivity contribution in [1.82, 2.24) is 0 Å². The van der Waals surface area contributed by atoms with Gasteiger partial charge < -0.3 is 16.0 Å². The average molecular weight is 379 g/mol. The maximum atomic E-state index is 12.4. The highest BCUT2D eigenvalue weighted by Crippen LogP contribution is 2.40. The first-order chi connectivity index (χ1) is 13.3. The number of hydrogen-bond acceptors (Lipinski definition) is 3. The molecule has 2 unspecified atom stereocenters. The molecule has 146 valence electrons. The minimum absolute atomic E-state index is 0.126. The summed E-state index contributed by atoms with van der Waals surface area (Å²) in [5.41, 5.74) is 3.26. The summed E-state index contributed by atoms with van der Waals surface area (Å²) in [6.45, 7) is 5.68. The second kappa shape index (κ2) is 8.25. The lowest BCUT2D eigenvalue weighted by Crippen LogP contribution is -2.20. The molecule has 1 aliphatic rings. The predicted octanol–water partition coefficient (Wildman–Crippen LogP) is 3.98. The molecule has 28 heavy (non-hydrogen) atoms. The molecule has 0 radical (unpaired) electrons. The van der Waals surface area contributed by atoms with Gasteiger partial charge in [-0.2, -0.15) is 0 Å². The van der Waals surface area contributed by atoms with Gasteiger partial charge in [-0.15, -0.1) is 0 Å². The minimum Gasteiger partial charge on any atom is -0.326 e. The second-order valence-corrected chi connectivity index (χ2v) is 7.46. The molecule has 1 fully saturated rings. The number of rotatable bonds is 6. The fourth-order valence-electron chi connectivity index (χ4n) is 3.04. The number of carbonyl (C=O) groups excluding carboxylic acids is 3. The van der Waals surface area contributed by atoms with E-state index in [1.165, 1.54) is 12.5 Å². The van der Waals surface area contributed by atoms with Gasteiger partial charge in [0.15, 0.2) is 0 Å². The molecule has 2 aromatic carbocycles. The minimum atomic E-state index is -0.315. The highest BCUT2D eigenvalue weighted by molar-refractivity contribution is 6.03. The molecule has 3 N–H and O–H groups in total. The van der Waals surface area contributed by atoms with E-state index in [0.717, 1.165) is 5.69 Å². The number of nitrogens with one attached hydrogen (secondary N) is 3. The van der Waals surface area contributed by atoms with Crippen molar-refractivity contribution in [2.45, 2.75) is 33.1 Å². The molecule has 0 bridgehead atoms. The first kappa shape index (κ1) is 19.6. The summed E-state index contributed by atoms with van der Waals surface area (Å²) in [7, 11) is 0. The quantitative estimate of drug-likeness (QED) is 0.709. The van der Waals surface area contributed by atoms with Crippen LogP contribution in [0.4, 0.5) is 17.1 Å². The molecule has 0 heterocycles. The van der Waals surface area contributed by atoms with Gasteiger partial charge in [0.05, 0.1) is 11.8 Å². The molecule has 1 aliphatic carbocycles. The normalized spacial score (nSPS) is 17.7. The van der Waals surface area contributed by atoms with E-state index in [-0.39, 0.29) is 29.6 Å². The Hall–Kier alpha value is -3.15. The van der Waals surface area contributed by atoms with Crippen LogP contribution >= 0.6 is 0 Å². The van der Waals surface area contributed by atoms with Crippen LogP contribution in [0.25, 0.3) is 0 Å². The van der Waals surface area contributed by atoms with Gasteiger partial charge in [-0.05, 0) is 54.3 Å². The number of benzene rings is 2.